The van der Waals surface area contributed by atoms with E-state index in [0.29, 0.717) is 24.2 Å². The summed E-state index contributed by atoms with van der Waals surface area (Å²) < 4.78 is 44.5. The molecule has 0 aliphatic heterocycles. The van der Waals surface area contributed by atoms with Crippen LogP contribution < -0.4 is 11.1 Å². The van der Waals surface area contributed by atoms with Gasteiger partial charge in [-0.25, -0.2) is 4.98 Å². The summed E-state index contributed by atoms with van der Waals surface area (Å²) in [7, 11) is 0. The number of oxazole rings is 1. The van der Waals surface area contributed by atoms with Crippen LogP contribution in [-0.2, 0) is 6.18 Å². The van der Waals surface area contributed by atoms with Gasteiger partial charge in [0.05, 0.1) is 5.56 Å². The maximum Gasteiger partial charge on any atom is 0.416 e. The first-order chi connectivity index (χ1) is 15.3. The molecule has 0 saturated heterocycles. The number of halogens is 3. The number of unbranched alkanes of at least 4 members (excludes halogenated alkanes) is 3. The molecular weight excluding hydrogens is 419 g/mol. The second-order valence-electron chi connectivity index (χ2n) is 7.60. The fourth-order valence-electron chi connectivity index (χ4n) is 3.29. The molecule has 1 heterocycles. The van der Waals surface area contributed by atoms with Crippen molar-refractivity contribution >= 4 is 5.91 Å². The minimum absolute atomic E-state index is 0.0864. The van der Waals surface area contributed by atoms with Crippen molar-refractivity contribution < 1.29 is 22.4 Å². The van der Waals surface area contributed by atoms with Crippen LogP contribution in [-0.4, -0.2) is 24.0 Å². The van der Waals surface area contributed by atoms with Crippen LogP contribution in [0.5, 0.6) is 0 Å². The number of hydrogen-bond donors (Lipinski definition) is 2. The third kappa shape index (κ3) is 5.97. The molecule has 2 aromatic carbocycles. The van der Waals surface area contributed by atoms with Crippen LogP contribution in [0.3, 0.4) is 0 Å². The molecule has 0 saturated carbocycles. The number of nitrogens with two attached hydrogens (primary N) is 1. The van der Waals surface area contributed by atoms with Gasteiger partial charge in [-0.15, -0.1) is 0 Å². The number of aromatic nitrogens is 1. The monoisotopic (exact) mass is 445 g/mol. The van der Waals surface area contributed by atoms with Crippen LogP contribution in [0.2, 0.25) is 0 Å². The van der Waals surface area contributed by atoms with Crippen LogP contribution in [0.25, 0.3) is 22.8 Å². The minimum Gasteiger partial charge on any atom is -0.435 e. The van der Waals surface area contributed by atoms with Crippen LogP contribution in [0.4, 0.5) is 13.2 Å². The highest BCUT2D eigenvalue weighted by Gasteiger charge is 2.30. The lowest BCUT2D eigenvalue weighted by Gasteiger charge is -2.06. The third-order valence-corrected chi connectivity index (χ3v) is 5.00. The predicted octanol–water partition coefficient (Wildman–Crippen LogP) is 5.58. The summed E-state index contributed by atoms with van der Waals surface area (Å²) in [5, 5.41) is 2.85. The molecule has 0 atom stereocenters. The van der Waals surface area contributed by atoms with E-state index in [1.54, 1.807) is 6.07 Å². The largest absolute Gasteiger partial charge is 0.435 e. The van der Waals surface area contributed by atoms with Crippen molar-refractivity contribution in [2.24, 2.45) is 5.73 Å². The fourth-order valence-corrected chi connectivity index (χ4v) is 3.29. The summed E-state index contributed by atoms with van der Waals surface area (Å²) in [6.07, 6.45) is -0.710. The number of alkyl halides is 3. The maximum atomic E-state index is 12.9. The second-order valence-corrected chi connectivity index (χ2v) is 7.60. The Hall–Kier alpha value is -3.13. The molecule has 1 amide bonds. The Bertz CT molecular complexity index is 1040. The van der Waals surface area contributed by atoms with Crippen molar-refractivity contribution in [3.8, 4) is 22.8 Å². The first-order valence-corrected chi connectivity index (χ1v) is 10.5. The lowest BCUT2D eigenvalue weighted by atomic mass is 10.1. The van der Waals surface area contributed by atoms with Gasteiger partial charge in [0.2, 0.25) is 5.89 Å². The van der Waals surface area contributed by atoms with E-state index < -0.39 is 11.7 Å². The van der Waals surface area contributed by atoms with Gasteiger partial charge in [-0.05, 0) is 56.6 Å². The van der Waals surface area contributed by atoms with Crippen molar-refractivity contribution in [2.75, 3.05) is 13.1 Å². The number of aryl methyl sites for hydroxylation is 1. The number of benzene rings is 2. The van der Waals surface area contributed by atoms with Crippen molar-refractivity contribution in [3.63, 3.8) is 0 Å². The van der Waals surface area contributed by atoms with Crippen LogP contribution in [0, 0.1) is 6.92 Å². The maximum absolute atomic E-state index is 12.9. The van der Waals surface area contributed by atoms with Gasteiger partial charge >= 0.3 is 6.18 Å². The van der Waals surface area contributed by atoms with E-state index in [-0.39, 0.29) is 23.3 Å². The third-order valence-electron chi connectivity index (χ3n) is 5.00. The van der Waals surface area contributed by atoms with Crippen LogP contribution in [0.1, 0.15) is 47.3 Å². The lowest BCUT2D eigenvalue weighted by molar-refractivity contribution is -0.137. The number of nitrogens with zero attached hydrogens (tertiary/aromatic N) is 1. The van der Waals surface area contributed by atoms with Gasteiger partial charge in [-0.1, -0.05) is 36.6 Å². The van der Waals surface area contributed by atoms with Gasteiger partial charge in [0.15, 0.2) is 11.5 Å². The average molecular weight is 445 g/mol. The summed E-state index contributed by atoms with van der Waals surface area (Å²) in [5.74, 6) is -0.0187. The Morgan fingerprint density at radius 3 is 2.41 bits per heavy atom. The summed E-state index contributed by atoms with van der Waals surface area (Å²) >= 11 is 0. The predicted molar refractivity (Wildman–Crippen MR) is 117 cm³/mol. The number of nitrogens with one attached hydrogen (secondary N) is 1. The van der Waals surface area contributed by atoms with E-state index in [2.05, 4.69) is 10.3 Å². The minimum atomic E-state index is -4.43. The van der Waals surface area contributed by atoms with Crippen LogP contribution in [0.15, 0.2) is 52.9 Å². The van der Waals surface area contributed by atoms with E-state index in [0.717, 1.165) is 43.4 Å². The molecule has 0 radical (unpaired) electrons. The number of carbonyl (C=O) groups excluding carboxylic acids is 1. The van der Waals surface area contributed by atoms with Gasteiger partial charge in [0, 0.05) is 17.7 Å². The molecule has 32 heavy (non-hydrogen) atoms. The molecule has 0 fully saturated rings. The lowest BCUT2D eigenvalue weighted by Crippen LogP contribution is -2.25. The average Bonchev–Trinajstić information content (AvgIpc) is 3.21. The molecule has 0 unspecified atom stereocenters. The van der Waals surface area contributed by atoms with Crippen LogP contribution >= 0.6 is 0 Å². The Labute approximate surface area is 184 Å². The van der Waals surface area contributed by atoms with E-state index in [4.69, 9.17) is 10.2 Å². The molecule has 0 aliphatic carbocycles. The Kier molecular flexibility index (Phi) is 7.69. The first-order valence-electron chi connectivity index (χ1n) is 10.5. The Morgan fingerprint density at radius 2 is 1.75 bits per heavy atom. The highest BCUT2D eigenvalue weighted by atomic mass is 19.4. The Balaban J connectivity index is 1.86. The van der Waals surface area contributed by atoms with Gasteiger partial charge in [0.25, 0.3) is 5.91 Å². The zero-order valence-corrected chi connectivity index (χ0v) is 17.8. The molecule has 3 N–H and O–H groups in total. The SMILES string of the molecule is Cc1cccc(-c2oc(-c3ccc(C(F)(F)F)cc3)nc2C(=O)NCCCCCCN)c1. The molecular formula is C24H26F3N3O2. The molecule has 1 aromatic heterocycles. The smallest absolute Gasteiger partial charge is 0.416 e. The fraction of sp³-hybridized carbons (Fsp3) is 0.333. The highest BCUT2D eigenvalue weighted by molar-refractivity contribution is 5.98. The molecule has 3 rings (SSSR count). The van der Waals surface area contributed by atoms with Crippen molar-refractivity contribution in [1.29, 1.82) is 0 Å². The summed E-state index contributed by atoms with van der Waals surface area (Å²) in [6, 6.07) is 11.9. The number of amides is 1. The standard InChI is InChI=1S/C24H26F3N3O2/c1-16-7-6-8-18(15-16)21-20(22(31)29-14-5-3-2-4-13-28)30-23(32-21)17-9-11-19(12-10-17)24(25,26)27/h6-12,15H,2-5,13-14,28H2,1H3,(H,29,31). The van der Waals surface area contributed by atoms with Gasteiger partial charge in [0.1, 0.15) is 0 Å². The zero-order valence-electron chi connectivity index (χ0n) is 17.8. The Morgan fingerprint density at radius 1 is 1.03 bits per heavy atom. The highest BCUT2D eigenvalue weighted by Crippen LogP contribution is 2.33. The first kappa shape index (κ1) is 23.5. The van der Waals surface area contributed by atoms with E-state index in [1.807, 2.05) is 25.1 Å². The van der Waals surface area contributed by atoms with Crippen molar-refractivity contribution in [2.45, 2.75) is 38.8 Å². The van der Waals surface area contributed by atoms with E-state index in [1.165, 1.54) is 12.1 Å². The normalized spacial score (nSPS) is 11.5. The van der Waals surface area contributed by atoms with Gasteiger partial charge in [-0.3, -0.25) is 4.79 Å². The quantitative estimate of drug-likeness (QED) is 0.421. The molecule has 3 aromatic rings. The summed E-state index contributed by atoms with van der Waals surface area (Å²) in [4.78, 5) is 17.2. The zero-order chi connectivity index (χ0) is 23.1. The van der Waals surface area contributed by atoms with Crippen molar-refractivity contribution in [1.82, 2.24) is 10.3 Å². The van der Waals surface area contributed by atoms with Crippen molar-refractivity contribution in [3.05, 3.63) is 65.4 Å². The molecule has 0 bridgehead atoms. The molecule has 0 spiro atoms. The second kappa shape index (κ2) is 10.5. The topological polar surface area (TPSA) is 81.2 Å². The van der Waals surface area contributed by atoms with E-state index >= 15 is 0 Å². The molecule has 0 aliphatic rings. The number of hydrogen-bond acceptors (Lipinski definition) is 4. The molecule has 5 nitrogen and oxygen atoms in total. The summed E-state index contributed by atoms with van der Waals surface area (Å²) in [5.41, 5.74) is 6.82. The van der Waals surface area contributed by atoms with E-state index in [9.17, 15) is 18.0 Å². The molecule has 170 valence electrons. The number of carbonyl (C=O) groups is 1. The van der Waals surface area contributed by atoms with Gasteiger partial charge in [-0.2, -0.15) is 13.2 Å². The number of rotatable bonds is 9. The molecule has 8 heteroatoms. The van der Waals surface area contributed by atoms with Gasteiger partial charge < -0.3 is 15.5 Å². The summed E-state index contributed by atoms with van der Waals surface area (Å²) in [6.45, 7) is 3.05.